The number of rotatable bonds is 4. The second-order valence-electron chi connectivity index (χ2n) is 12.4. The normalized spacial score (nSPS) is 18.7. The average Bonchev–Trinajstić information content (AvgIpc) is 3.54. The number of carbonyl (C=O) groups is 3. The number of aryl methyl sites for hydroxylation is 2. The van der Waals surface area contributed by atoms with Gasteiger partial charge in [-0.2, -0.15) is 0 Å². The van der Waals surface area contributed by atoms with E-state index < -0.39 is 5.91 Å². The van der Waals surface area contributed by atoms with E-state index in [2.05, 4.69) is 29.9 Å². The van der Waals surface area contributed by atoms with Crippen molar-refractivity contribution < 1.29 is 14.4 Å². The number of primary amides is 1. The number of hydrogen-bond donors (Lipinski definition) is 2. The van der Waals surface area contributed by atoms with E-state index in [0.29, 0.717) is 18.5 Å². The van der Waals surface area contributed by atoms with Crippen LogP contribution in [0.25, 0.3) is 22.0 Å². The number of nitrogens with one attached hydrogen (secondary N) is 1. The van der Waals surface area contributed by atoms with Crippen LogP contribution in [-0.2, 0) is 24.2 Å². The summed E-state index contributed by atoms with van der Waals surface area (Å²) in [4.78, 5) is 49.2. The summed E-state index contributed by atoms with van der Waals surface area (Å²) in [6, 6.07) is 15.9. The van der Waals surface area contributed by atoms with Crippen LogP contribution in [0.2, 0.25) is 0 Å². The molecule has 0 spiro atoms. The van der Waals surface area contributed by atoms with E-state index in [1.165, 1.54) is 0 Å². The SMILES string of the molecule is Cc1ccc2c(c1)C(=O)N(c1cccc(-c3ccc(C(N)=O)c4[nH]c5c(c34)CCC(C(=O)N3CCN(C)CC3)C5)c1C)C2. The maximum absolute atomic E-state index is 13.5. The first-order valence-electron chi connectivity index (χ1n) is 15.2. The molecule has 3 aliphatic rings. The number of piperazine rings is 1. The highest BCUT2D eigenvalue weighted by atomic mass is 16.2. The Kier molecular flexibility index (Phi) is 6.62. The zero-order valence-corrected chi connectivity index (χ0v) is 25.0. The molecule has 0 saturated carbocycles. The molecule has 43 heavy (non-hydrogen) atoms. The lowest BCUT2D eigenvalue weighted by Gasteiger charge is -2.35. The van der Waals surface area contributed by atoms with Crippen LogP contribution in [0.3, 0.4) is 0 Å². The molecule has 220 valence electrons. The molecule has 1 unspecified atom stereocenters. The molecule has 3 N–H and O–H groups in total. The number of benzene rings is 3. The van der Waals surface area contributed by atoms with E-state index in [1.807, 2.05) is 53.1 Å². The number of hydrogen-bond acceptors (Lipinski definition) is 4. The highest BCUT2D eigenvalue weighted by Crippen LogP contribution is 2.42. The number of nitrogens with two attached hydrogens (primary N) is 1. The van der Waals surface area contributed by atoms with Gasteiger partial charge in [-0.15, -0.1) is 0 Å². The van der Waals surface area contributed by atoms with Gasteiger partial charge in [-0.3, -0.25) is 14.4 Å². The van der Waals surface area contributed by atoms with Crippen LogP contribution in [-0.4, -0.2) is 65.7 Å². The van der Waals surface area contributed by atoms with Gasteiger partial charge in [0.2, 0.25) is 5.91 Å². The van der Waals surface area contributed by atoms with Gasteiger partial charge in [0.15, 0.2) is 0 Å². The second-order valence-corrected chi connectivity index (χ2v) is 12.4. The number of amides is 3. The molecular weight excluding hydrogens is 538 g/mol. The zero-order valence-electron chi connectivity index (χ0n) is 25.0. The first-order valence-corrected chi connectivity index (χ1v) is 15.2. The monoisotopic (exact) mass is 575 g/mol. The van der Waals surface area contributed by atoms with Gasteiger partial charge in [-0.25, -0.2) is 0 Å². The molecule has 1 fully saturated rings. The van der Waals surface area contributed by atoms with Crippen LogP contribution >= 0.6 is 0 Å². The molecular formula is C35H37N5O3. The zero-order chi connectivity index (χ0) is 30.0. The Balaban J connectivity index is 1.28. The lowest BCUT2D eigenvalue weighted by Crippen LogP contribution is -2.49. The van der Waals surface area contributed by atoms with Crippen molar-refractivity contribution in [1.82, 2.24) is 14.8 Å². The fraction of sp³-hybridized carbons (Fsp3) is 0.343. The summed E-state index contributed by atoms with van der Waals surface area (Å²) in [5.41, 5.74) is 16.0. The first kappa shape index (κ1) is 27.4. The highest BCUT2D eigenvalue weighted by molar-refractivity contribution is 6.13. The topological polar surface area (TPSA) is 103 Å². The van der Waals surface area contributed by atoms with Crippen molar-refractivity contribution in [2.45, 2.75) is 39.7 Å². The van der Waals surface area contributed by atoms with Crippen molar-refractivity contribution in [2.24, 2.45) is 11.7 Å². The number of likely N-dealkylation sites (N-methyl/N-ethyl adjacent to an activating group) is 1. The molecule has 1 atom stereocenters. The first-order chi connectivity index (χ1) is 20.7. The van der Waals surface area contributed by atoms with E-state index in [0.717, 1.165) is 100 Å². The van der Waals surface area contributed by atoms with Crippen LogP contribution in [0.4, 0.5) is 5.69 Å². The van der Waals surface area contributed by atoms with Crippen LogP contribution in [0.15, 0.2) is 48.5 Å². The summed E-state index contributed by atoms with van der Waals surface area (Å²) in [7, 11) is 2.09. The van der Waals surface area contributed by atoms with Gasteiger partial charge in [0, 0.05) is 54.4 Å². The van der Waals surface area contributed by atoms with Crippen molar-refractivity contribution >= 4 is 34.3 Å². The third-order valence-corrected chi connectivity index (χ3v) is 9.73. The predicted molar refractivity (Wildman–Crippen MR) is 168 cm³/mol. The molecule has 3 amide bonds. The molecule has 4 aromatic rings. The van der Waals surface area contributed by atoms with Crippen molar-refractivity contribution in [3.63, 3.8) is 0 Å². The van der Waals surface area contributed by atoms with Crippen LogP contribution < -0.4 is 10.6 Å². The van der Waals surface area contributed by atoms with Crippen molar-refractivity contribution in [3.8, 4) is 11.1 Å². The molecule has 2 aliphatic heterocycles. The minimum Gasteiger partial charge on any atom is -0.366 e. The fourth-order valence-corrected chi connectivity index (χ4v) is 7.28. The molecule has 3 heterocycles. The molecule has 8 heteroatoms. The van der Waals surface area contributed by atoms with Crippen molar-refractivity contribution in [1.29, 1.82) is 0 Å². The number of fused-ring (bicyclic) bond motifs is 4. The lowest BCUT2D eigenvalue weighted by molar-refractivity contribution is -0.137. The summed E-state index contributed by atoms with van der Waals surface area (Å²) >= 11 is 0. The number of carbonyl (C=O) groups excluding carboxylic acids is 3. The Bertz CT molecular complexity index is 1810. The molecule has 0 radical (unpaired) electrons. The van der Waals surface area contributed by atoms with Gasteiger partial charge in [0.25, 0.3) is 11.8 Å². The maximum atomic E-state index is 13.5. The van der Waals surface area contributed by atoms with Gasteiger partial charge >= 0.3 is 0 Å². The van der Waals surface area contributed by atoms with E-state index in [9.17, 15) is 14.4 Å². The van der Waals surface area contributed by atoms with Gasteiger partial charge in [-0.1, -0.05) is 35.9 Å². The molecule has 3 aromatic carbocycles. The van der Waals surface area contributed by atoms with E-state index >= 15 is 0 Å². The van der Waals surface area contributed by atoms with Crippen molar-refractivity contribution in [2.75, 3.05) is 38.1 Å². The molecule has 1 aromatic heterocycles. The highest BCUT2D eigenvalue weighted by Gasteiger charge is 2.34. The molecule has 8 nitrogen and oxygen atoms in total. The number of aromatic amines is 1. The maximum Gasteiger partial charge on any atom is 0.258 e. The van der Waals surface area contributed by atoms with Crippen LogP contribution in [0.5, 0.6) is 0 Å². The summed E-state index contributed by atoms with van der Waals surface area (Å²) < 4.78 is 0. The molecule has 7 rings (SSSR count). The number of nitrogens with zero attached hydrogens (tertiary/aromatic N) is 3. The summed E-state index contributed by atoms with van der Waals surface area (Å²) in [5.74, 6) is -0.326. The Morgan fingerprint density at radius 1 is 0.953 bits per heavy atom. The third kappa shape index (κ3) is 4.52. The summed E-state index contributed by atoms with van der Waals surface area (Å²) in [6.07, 6.45) is 2.13. The van der Waals surface area contributed by atoms with E-state index in [1.54, 1.807) is 6.07 Å². The largest absolute Gasteiger partial charge is 0.366 e. The van der Waals surface area contributed by atoms with Crippen LogP contribution in [0.1, 0.15) is 55.1 Å². The molecule has 1 aliphatic carbocycles. The third-order valence-electron chi connectivity index (χ3n) is 9.73. The summed E-state index contributed by atoms with van der Waals surface area (Å²) in [6.45, 7) is 7.93. The smallest absolute Gasteiger partial charge is 0.258 e. The standard InChI is InChI=1S/C35H37N5O3/c1-20-7-8-23-19-40(35(43)28(23)17-20)30-6-4-5-24(21(30)2)25-11-12-27(33(36)41)32-31(25)26-10-9-22(18-29(26)37-32)34(42)39-15-13-38(3)14-16-39/h4-8,11-12,17,22,37H,9-10,13-16,18-19H2,1-3H3,(H2,36,41). The van der Waals surface area contributed by atoms with Crippen LogP contribution in [0, 0.1) is 19.8 Å². The number of H-pyrrole nitrogens is 1. The average molecular weight is 576 g/mol. The Hall–Kier alpha value is -4.43. The Morgan fingerprint density at radius 3 is 2.51 bits per heavy atom. The van der Waals surface area contributed by atoms with Crippen molar-refractivity contribution in [3.05, 3.63) is 87.6 Å². The van der Waals surface area contributed by atoms with Gasteiger partial charge < -0.3 is 25.4 Å². The fourth-order valence-electron chi connectivity index (χ4n) is 7.28. The molecule has 0 bridgehead atoms. The number of anilines is 1. The van der Waals surface area contributed by atoms with Gasteiger partial charge in [-0.05, 0) is 86.2 Å². The van der Waals surface area contributed by atoms with E-state index in [-0.39, 0.29) is 17.7 Å². The minimum atomic E-state index is -0.485. The Labute approximate surface area is 251 Å². The number of aromatic nitrogens is 1. The predicted octanol–water partition coefficient (Wildman–Crippen LogP) is 4.59. The summed E-state index contributed by atoms with van der Waals surface area (Å²) in [5, 5.41) is 0.990. The second kappa shape index (κ2) is 10.4. The minimum absolute atomic E-state index is 0.0169. The van der Waals surface area contributed by atoms with Gasteiger partial charge in [0.1, 0.15) is 0 Å². The Morgan fingerprint density at radius 2 is 1.74 bits per heavy atom. The van der Waals surface area contributed by atoms with Gasteiger partial charge in [0.05, 0.1) is 17.6 Å². The molecule has 1 saturated heterocycles. The lowest BCUT2D eigenvalue weighted by atomic mass is 9.84. The van der Waals surface area contributed by atoms with E-state index in [4.69, 9.17) is 5.73 Å². The quantitative estimate of drug-likeness (QED) is 0.372.